The first kappa shape index (κ1) is 21.3. The van der Waals surface area contributed by atoms with Crippen LogP contribution in [0.15, 0.2) is 66.1 Å². The molecule has 0 aliphatic rings. The number of amides is 1. The van der Waals surface area contributed by atoms with Crippen molar-refractivity contribution in [2.45, 2.75) is 19.0 Å². The summed E-state index contributed by atoms with van der Waals surface area (Å²) in [4.78, 5) is 12.8. The van der Waals surface area contributed by atoms with Gasteiger partial charge in [-0.05, 0) is 49.7 Å². The molecule has 0 radical (unpaired) electrons. The van der Waals surface area contributed by atoms with Crippen molar-refractivity contribution in [3.63, 3.8) is 0 Å². The molecule has 4 aromatic rings. The Hall–Kier alpha value is -3.90. The molecule has 0 bridgehead atoms. The normalized spacial score (nSPS) is 10.7. The Labute approximate surface area is 188 Å². The smallest absolute Gasteiger partial charge is 0.236 e. The average Bonchev–Trinajstić information content (AvgIpc) is 3.35. The highest BCUT2D eigenvalue weighted by Crippen LogP contribution is 2.30. The Morgan fingerprint density at radius 1 is 1.16 bits per heavy atom. The van der Waals surface area contributed by atoms with E-state index in [0.29, 0.717) is 22.2 Å². The molecule has 0 atom stereocenters. The molecule has 7 nitrogen and oxygen atoms in total. The summed E-state index contributed by atoms with van der Waals surface area (Å²) in [5.41, 5.74) is 3.23. The number of rotatable bonds is 6. The van der Waals surface area contributed by atoms with E-state index in [9.17, 15) is 14.4 Å². The Kier molecular flexibility index (Phi) is 6.05. The molecular weight excluding hydrogens is 427 g/mol. The first-order chi connectivity index (χ1) is 15.5. The van der Waals surface area contributed by atoms with Crippen LogP contribution in [0.1, 0.15) is 16.8 Å². The molecule has 1 N–H and O–H groups in total. The maximum atomic E-state index is 13.8. The minimum atomic E-state index is -0.403. The first-order valence-electron chi connectivity index (χ1n) is 9.75. The maximum Gasteiger partial charge on any atom is 0.236 e. The summed E-state index contributed by atoms with van der Waals surface area (Å²) in [7, 11) is 0. The molecule has 0 saturated heterocycles. The van der Waals surface area contributed by atoms with Crippen LogP contribution in [0.4, 0.5) is 10.2 Å². The minimum absolute atomic E-state index is 0.0584. The number of nitriles is 1. The van der Waals surface area contributed by atoms with E-state index in [1.165, 1.54) is 23.9 Å². The summed E-state index contributed by atoms with van der Waals surface area (Å²) in [5, 5.41) is 21.1. The van der Waals surface area contributed by atoms with Gasteiger partial charge in [0.1, 0.15) is 24.0 Å². The summed E-state index contributed by atoms with van der Waals surface area (Å²) in [6, 6.07) is 17.7. The van der Waals surface area contributed by atoms with Gasteiger partial charge in [0, 0.05) is 11.4 Å². The third-order valence-electron chi connectivity index (χ3n) is 5.03. The number of benzene rings is 2. The highest BCUT2D eigenvalue weighted by atomic mass is 32.2. The van der Waals surface area contributed by atoms with Crippen LogP contribution in [0.5, 0.6) is 0 Å². The molecule has 4 rings (SSSR count). The van der Waals surface area contributed by atoms with Crippen LogP contribution >= 0.6 is 11.8 Å². The summed E-state index contributed by atoms with van der Waals surface area (Å²) < 4.78 is 17.3. The number of para-hydroxylation sites is 1. The van der Waals surface area contributed by atoms with E-state index >= 15 is 0 Å². The lowest BCUT2D eigenvalue weighted by Crippen LogP contribution is -2.18. The van der Waals surface area contributed by atoms with Crippen LogP contribution in [-0.4, -0.2) is 31.0 Å². The number of anilines is 1. The second kappa shape index (κ2) is 9.08. The molecule has 160 valence electrons. The van der Waals surface area contributed by atoms with Crippen LogP contribution in [0.25, 0.3) is 11.4 Å². The molecular formula is C23H19FN6OS. The number of nitrogens with one attached hydrogen (secondary N) is 1. The Balaban J connectivity index is 1.58. The molecule has 9 heteroatoms. The second-order valence-electron chi connectivity index (χ2n) is 7.02. The van der Waals surface area contributed by atoms with Gasteiger partial charge in [-0.1, -0.05) is 36.0 Å². The summed E-state index contributed by atoms with van der Waals surface area (Å²) in [6.45, 7) is 3.63. The molecule has 0 unspecified atom stereocenters. The fourth-order valence-corrected chi connectivity index (χ4v) is 4.11. The lowest BCUT2D eigenvalue weighted by molar-refractivity contribution is -0.113. The van der Waals surface area contributed by atoms with Gasteiger partial charge in [0.05, 0.1) is 17.0 Å². The van der Waals surface area contributed by atoms with E-state index in [0.717, 1.165) is 16.9 Å². The average molecular weight is 447 g/mol. The number of carbonyl (C=O) groups excluding carboxylic acids is 1. The number of hydrogen-bond acceptors (Lipinski definition) is 5. The van der Waals surface area contributed by atoms with Crippen molar-refractivity contribution in [2.24, 2.45) is 0 Å². The van der Waals surface area contributed by atoms with Gasteiger partial charge in [0.25, 0.3) is 0 Å². The minimum Gasteiger partial charge on any atom is -0.310 e. The van der Waals surface area contributed by atoms with Gasteiger partial charge in [-0.2, -0.15) is 5.26 Å². The zero-order valence-corrected chi connectivity index (χ0v) is 18.2. The predicted octanol–water partition coefficient (Wildman–Crippen LogP) is 4.42. The van der Waals surface area contributed by atoms with Gasteiger partial charge in [-0.15, -0.1) is 10.2 Å². The van der Waals surface area contributed by atoms with Gasteiger partial charge < -0.3 is 5.32 Å². The Morgan fingerprint density at radius 2 is 1.91 bits per heavy atom. The summed E-state index contributed by atoms with van der Waals surface area (Å²) >= 11 is 1.23. The SMILES string of the molecule is Cc1c(C#N)c(NC(=O)CSc2nncn2-c2ccccc2)n(-c2cccc(F)c2)c1C. The van der Waals surface area contributed by atoms with Crippen LogP contribution < -0.4 is 5.32 Å². The summed E-state index contributed by atoms with van der Waals surface area (Å²) in [5.74, 6) is -0.338. The van der Waals surface area contributed by atoms with Crippen molar-refractivity contribution in [3.8, 4) is 17.4 Å². The molecule has 0 fully saturated rings. The Morgan fingerprint density at radius 3 is 2.62 bits per heavy atom. The molecule has 0 aliphatic heterocycles. The third-order valence-corrected chi connectivity index (χ3v) is 5.98. The van der Waals surface area contributed by atoms with Crippen LogP contribution in [-0.2, 0) is 4.79 Å². The highest BCUT2D eigenvalue weighted by Gasteiger charge is 2.21. The lowest BCUT2D eigenvalue weighted by atomic mass is 10.2. The van der Waals surface area contributed by atoms with Crippen molar-refractivity contribution < 1.29 is 9.18 Å². The topological polar surface area (TPSA) is 88.5 Å². The fourth-order valence-electron chi connectivity index (χ4n) is 3.39. The van der Waals surface area contributed by atoms with Crippen molar-refractivity contribution in [1.29, 1.82) is 5.26 Å². The zero-order chi connectivity index (χ0) is 22.7. The van der Waals surface area contributed by atoms with E-state index in [1.54, 1.807) is 34.5 Å². The zero-order valence-electron chi connectivity index (χ0n) is 17.4. The molecule has 0 aliphatic carbocycles. The van der Waals surface area contributed by atoms with Gasteiger partial charge >= 0.3 is 0 Å². The van der Waals surface area contributed by atoms with E-state index in [4.69, 9.17) is 0 Å². The van der Waals surface area contributed by atoms with Gasteiger partial charge in [-0.3, -0.25) is 13.9 Å². The van der Waals surface area contributed by atoms with Gasteiger partial charge in [0.2, 0.25) is 5.91 Å². The van der Waals surface area contributed by atoms with Crippen molar-refractivity contribution >= 4 is 23.5 Å². The van der Waals surface area contributed by atoms with Crippen molar-refractivity contribution in [2.75, 3.05) is 11.1 Å². The standard InChI is InChI=1S/C23H19FN6OS/c1-15-16(2)30(19-10-6-7-17(24)11-19)22(20(15)12-25)27-21(31)13-32-23-28-26-14-29(23)18-8-4-3-5-9-18/h3-11,14H,13H2,1-2H3,(H,27,31). The number of carbonyl (C=O) groups is 1. The van der Waals surface area contributed by atoms with Crippen LogP contribution in [0, 0.1) is 31.0 Å². The van der Waals surface area contributed by atoms with Crippen molar-refractivity contribution in [3.05, 3.63) is 83.6 Å². The predicted molar refractivity (Wildman–Crippen MR) is 121 cm³/mol. The molecule has 0 saturated carbocycles. The van der Waals surface area contributed by atoms with Crippen LogP contribution in [0.2, 0.25) is 0 Å². The molecule has 0 spiro atoms. The van der Waals surface area contributed by atoms with Crippen LogP contribution in [0.3, 0.4) is 0 Å². The molecule has 2 aromatic heterocycles. The summed E-state index contributed by atoms with van der Waals surface area (Å²) in [6.07, 6.45) is 1.59. The lowest BCUT2D eigenvalue weighted by Gasteiger charge is -2.13. The Bertz CT molecular complexity index is 1320. The number of aromatic nitrogens is 4. The number of hydrogen-bond donors (Lipinski definition) is 1. The van der Waals surface area contributed by atoms with Gasteiger partial charge in [-0.25, -0.2) is 4.39 Å². The number of nitrogens with zero attached hydrogens (tertiary/aromatic N) is 5. The fraction of sp³-hybridized carbons (Fsp3) is 0.130. The number of thioether (sulfide) groups is 1. The molecule has 1 amide bonds. The quantitative estimate of drug-likeness (QED) is 0.443. The van der Waals surface area contributed by atoms with E-state index in [1.807, 2.05) is 37.3 Å². The third kappa shape index (κ3) is 4.13. The highest BCUT2D eigenvalue weighted by molar-refractivity contribution is 7.99. The van der Waals surface area contributed by atoms with Gasteiger partial charge in [0.15, 0.2) is 5.16 Å². The number of halogens is 1. The maximum absolute atomic E-state index is 13.8. The van der Waals surface area contributed by atoms with Crippen molar-refractivity contribution in [1.82, 2.24) is 19.3 Å². The molecule has 32 heavy (non-hydrogen) atoms. The monoisotopic (exact) mass is 446 g/mol. The van der Waals surface area contributed by atoms with E-state index in [2.05, 4.69) is 21.6 Å². The second-order valence-corrected chi connectivity index (χ2v) is 7.96. The molecule has 2 aromatic carbocycles. The molecule has 2 heterocycles. The van der Waals surface area contributed by atoms with E-state index in [-0.39, 0.29) is 11.7 Å². The first-order valence-corrected chi connectivity index (χ1v) is 10.7. The van der Waals surface area contributed by atoms with E-state index < -0.39 is 5.82 Å². The largest absolute Gasteiger partial charge is 0.310 e.